The van der Waals surface area contributed by atoms with E-state index in [1.807, 2.05) is 6.92 Å². The summed E-state index contributed by atoms with van der Waals surface area (Å²) in [6.45, 7) is 2.05. The molecular formula is C8H15NO3. The van der Waals surface area contributed by atoms with Gasteiger partial charge in [0.2, 0.25) is 0 Å². The molecule has 4 nitrogen and oxygen atoms in total. The molecule has 0 rings (SSSR count). The topological polar surface area (TPSA) is 58.6 Å². The third-order valence-electron chi connectivity index (χ3n) is 1.36. The van der Waals surface area contributed by atoms with E-state index in [4.69, 9.17) is 5.11 Å². The molecule has 0 aliphatic rings. The Kier molecular flexibility index (Phi) is 6.09. The monoisotopic (exact) mass is 173 g/mol. The van der Waals surface area contributed by atoms with Crippen molar-refractivity contribution in [2.24, 2.45) is 0 Å². The van der Waals surface area contributed by atoms with Gasteiger partial charge in [-0.15, -0.1) is 0 Å². The normalized spacial score (nSPS) is 12.9. The summed E-state index contributed by atoms with van der Waals surface area (Å²) < 4.78 is 4.38. The van der Waals surface area contributed by atoms with Gasteiger partial charge in [-0.3, -0.25) is 0 Å². The smallest absolute Gasteiger partial charge is 0.331 e. The average Bonchev–Trinajstić information content (AvgIpc) is 2.04. The first kappa shape index (κ1) is 11.0. The quantitative estimate of drug-likeness (QED) is 0.455. The van der Waals surface area contributed by atoms with Gasteiger partial charge in [0.15, 0.2) is 0 Å². The number of aliphatic hydroxyl groups excluding tert-OH is 1. The van der Waals surface area contributed by atoms with Gasteiger partial charge in [0, 0.05) is 24.9 Å². The maximum Gasteiger partial charge on any atom is 0.331 e. The summed E-state index contributed by atoms with van der Waals surface area (Å²) in [7, 11) is 1.32. The van der Waals surface area contributed by atoms with Crippen molar-refractivity contribution in [1.82, 2.24) is 5.32 Å². The van der Waals surface area contributed by atoms with Crippen LogP contribution in [-0.4, -0.2) is 30.8 Å². The van der Waals surface area contributed by atoms with Crippen molar-refractivity contribution in [1.29, 1.82) is 0 Å². The van der Waals surface area contributed by atoms with Crippen LogP contribution in [0, 0.1) is 0 Å². The van der Waals surface area contributed by atoms with Gasteiger partial charge in [-0.2, -0.15) is 0 Å². The van der Waals surface area contributed by atoms with Gasteiger partial charge >= 0.3 is 5.97 Å². The minimum absolute atomic E-state index is 0.139. The van der Waals surface area contributed by atoms with Gasteiger partial charge in [-0.1, -0.05) is 0 Å². The predicted octanol–water partition coefficient (Wildman–Crippen LogP) is 0.0336. The van der Waals surface area contributed by atoms with Crippen molar-refractivity contribution in [2.75, 3.05) is 13.7 Å². The van der Waals surface area contributed by atoms with Crippen LogP contribution >= 0.6 is 0 Å². The van der Waals surface area contributed by atoms with Crippen molar-refractivity contribution in [2.45, 2.75) is 19.4 Å². The highest BCUT2D eigenvalue weighted by Crippen LogP contribution is 1.87. The molecule has 1 atom stereocenters. The van der Waals surface area contributed by atoms with Gasteiger partial charge in [-0.05, 0) is 13.3 Å². The average molecular weight is 173 g/mol. The Morgan fingerprint density at radius 2 is 2.42 bits per heavy atom. The van der Waals surface area contributed by atoms with Crippen LogP contribution in [0.3, 0.4) is 0 Å². The van der Waals surface area contributed by atoms with Crippen LogP contribution < -0.4 is 5.32 Å². The van der Waals surface area contributed by atoms with Crippen LogP contribution in [0.25, 0.3) is 0 Å². The number of ether oxygens (including phenoxy) is 1. The molecule has 0 fully saturated rings. The summed E-state index contributed by atoms with van der Waals surface area (Å²) >= 11 is 0. The van der Waals surface area contributed by atoms with Gasteiger partial charge in [0.25, 0.3) is 0 Å². The van der Waals surface area contributed by atoms with Gasteiger partial charge in [0.1, 0.15) is 0 Å². The zero-order valence-electron chi connectivity index (χ0n) is 7.41. The number of esters is 1. The zero-order valence-corrected chi connectivity index (χ0v) is 7.41. The van der Waals surface area contributed by atoms with E-state index in [1.165, 1.54) is 19.4 Å². The molecule has 0 bridgehead atoms. The van der Waals surface area contributed by atoms with E-state index < -0.39 is 5.97 Å². The highest BCUT2D eigenvalue weighted by atomic mass is 16.5. The minimum Gasteiger partial charge on any atom is -0.466 e. The van der Waals surface area contributed by atoms with E-state index in [2.05, 4.69) is 10.1 Å². The molecule has 0 aromatic carbocycles. The van der Waals surface area contributed by atoms with E-state index in [1.54, 1.807) is 0 Å². The molecule has 12 heavy (non-hydrogen) atoms. The van der Waals surface area contributed by atoms with E-state index in [9.17, 15) is 4.79 Å². The van der Waals surface area contributed by atoms with Crippen LogP contribution in [0.5, 0.6) is 0 Å². The Bertz CT molecular complexity index is 156. The molecule has 0 aliphatic heterocycles. The lowest BCUT2D eigenvalue weighted by Gasteiger charge is -2.08. The van der Waals surface area contributed by atoms with E-state index in [-0.39, 0.29) is 12.6 Å². The van der Waals surface area contributed by atoms with E-state index in [0.717, 1.165) is 0 Å². The molecule has 0 saturated heterocycles. The molecule has 0 spiro atoms. The summed E-state index contributed by atoms with van der Waals surface area (Å²) in [6.07, 6.45) is 3.48. The van der Waals surface area contributed by atoms with Crippen molar-refractivity contribution >= 4 is 5.97 Å². The Morgan fingerprint density at radius 3 is 2.92 bits per heavy atom. The molecule has 4 heteroatoms. The maximum absolute atomic E-state index is 10.6. The number of methoxy groups -OCH3 is 1. The SMILES string of the molecule is COC(=O)/C=C/NC(C)CCO. The molecule has 0 aromatic heterocycles. The zero-order chi connectivity index (χ0) is 9.40. The molecule has 70 valence electrons. The highest BCUT2D eigenvalue weighted by Gasteiger charge is 1.96. The molecule has 0 amide bonds. The van der Waals surface area contributed by atoms with Gasteiger partial charge in [-0.25, -0.2) is 4.79 Å². The second-order valence-corrected chi connectivity index (χ2v) is 2.44. The number of nitrogens with one attached hydrogen (secondary N) is 1. The van der Waals surface area contributed by atoms with Crippen LogP contribution in [-0.2, 0) is 9.53 Å². The lowest BCUT2D eigenvalue weighted by molar-refractivity contribution is -0.134. The lowest BCUT2D eigenvalue weighted by atomic mass is 10.2. The van der Waals surface area contributed by atoms with Gasteiger partial charge < -0.3 is 15.2 Å². The van der Waals surface area contributed by atoms with Crippen LogP contribution in [0.2, 0.25) is 0 Å². The lowest BCUT2D eigenvalue weighted by Crippen LogP contribution is -2.21. The number of carbonyl (C=O) groups excluding carboxylic acids is 1. The largest absolute Gasteiger partial charge is 0.466 e. The first-order valence-electron chi connectivity index (χ1n) is 3.82. The first-order valence-corrected chi connectivity index (χ1v) is 3.82. The molecular weight excluding hydrogens is 158 g/mol. The van der Waals surface area contributed by atoms with Crippen molar-refractivity contribution < 1.29 is 14.6 Å². The Hall–Kier alpha value is -1.03. The third-order valence-corrected chi connectivity index (χ3v) is 1.36. The Balaban J connectivity index is 3.52. The number of rotatable bonds is 5. The highest BCUT2D eigenvalue weighted by molar-refractivity contribution is 5.81. The summed E-state index contributed by atoms with van der Waals surface area (Å²) in [5.74, 6) is -0.390. The number of carbonyl (C=O) groups is 1. The van der Waals surface area contributed by atoms with E-state index >= 15 is 0 Å². The summed E-state index contributed by atoms with van der Waals surface area (Å²) in [5.41, 5.74) is 0. The third kappa shape index (κ3) is 5.73. The summed E-state index contributed by atoms with van der Waals surface area (Å²) in [4.78, 5) is 10.6. The molecule has 1 unspecified atom stereocenters. The molecule has 0 heterocycles. The van der Waals surface area contributed by atoms with Crippen molar-refractivity contribution in [3.8, 4) is 0 Å². The molecule has 0 aromatic rings. The maximum atomic E-state index is 10.6. The van der Waals surface area contributed by atoms with Gasteiger partial charge in [0.05, 0.1) is 7.11 Å². The fourth-order valence-electron chi connectivity index (χ4n) is 0.625. The van der Waals surface area contributed by atoms with Crippen molar-refractivity contribution in [3.63, 3.8) is 0 Å². The van der Waals surface area contributed by atoms with Crippen LogP contribution in [0.4, 0.5) is 0 Å². The second-order valence-electron chi connectivity index (χ2n) is 2.44. The van der Waals surface area contributed by atoms with E-state index in [0.29, 0.717) is 6.42 Å². The van der Waals surface area contributed by atoms with Crippen LogP contribution in [0.15, 0.2) is 12.3 Å². The Morgan fingerprint density at radius 1 is 1.75 bits per heavy atom. The predicted molar refractivity (Wildman–Crippen MR) is 45.5 cm³/mol. The fourth-order valence-corrected chi connectivity index (χ4v) is 0.625. The first-order chi connectivity index (χ1) is 5.70. The molecule has 2 N–H and O–H groups in total. The number of hydrogen-bond donors (Lipinski definition) is 2. The molecule has 0 saturated carbocycles. The number of aliphatic hydroxyl groups is 1. The molecule has 0 aliphatic carbocycles. The Labute approximate surface area is 72.2 Å². The van der Waals surface area contributed by atoms with Crippen molar-refractivity contribution in [3.05, 3.63) is 12.3 Å². The standard InChI is InChI=1S/C8H15NO3/c1-7(4-6-10)9-5-3-8(11)12-2/h3,5,7,9-10H,4,6H2,1-2H3/b5-3+. The molecule has 0 radical (unpaired) electrons. The minimum atomic E-state index is -0.390. The summed E-state index contributed by atoms with van der Waals surface area (Å²) in [5, 5.41) is 11.4. The second kappa shape index (κ2) is 6.67. The fraction of sp³-hybridized carbons (Fsp3) is 0.625. The van der Waals surface area contributed by atoms with Crippen LogP contribution in [0.1, 0.15) is 13.3 Å². The number of hydrogen-bond acceptors (Lipinski definition) is 4. The summed E-state index contributed by atoms with van der Waals surface area (Å²) in [6, 6.07) is 0.163.